The normalized spacial score (nSPS) is 11.9. The Balaban J connectivity index is 1.38. The van der Waals surface area contributed by atoms with Gasteiger partial charge < -0.3 is 19.7 Å². The minimum atomic E-state index is -1.20. The summed E-state index contributed by atoms with van der Waals surface area (Å²) in [7, 11) is 0. The Hall–Kier alpha value is -4.51. The number of nitrogens with one attached hydrogen (secondary N) is 1. The number of hydrogen-bond acceptors (Lipinski definition) is 8. The van der Waals surface area contributed by atoms with E-state index in [0.717, 1.165) is 11.1 Å². The lowest BCUT2D eigenvalue weighted by Crippen LogP contribution is -2.39. The number of carbonyl (C=O) groups is 1. The summed E-state index contributed by atoms with van der Waals surface area (Å²) in [6.45, 7) is -0.523. The molecular formula is C30H25ClFN3O6. The van der Waals surface area contributed by atoms with Crippen molar-refractivity contribution in [1.29, 1.82) is 0 Å². The number of rotatable bonds is 12. The second-order valence-corrected chi connectivity index (χ2v) is 9.56. The molecule has 0 bridgehead atoms. The highest BCUT2D eigenvalue weighted by molar-refractivity contribution is 6.32. The first-order chi connectivity index (χ1) is 19.9. The van der Waals surface area contributed by atoms with Crippen molar-refractivity contribution in [3.63, 3.8) is 0 Å². The fourth-order valence-electron chi connectivity index (χ4n) is 4.19. The lowest BCUT2D eigenvalue weighted by atomic mass is 10.0. The largest absolute Gasteiger partial charge is 0.488 e. The predicted octanol–water partition coefficient (Wildman–Crippen LogP) is 5.38. The molecular weight excluding hydrogens is 553 g/mol. The van der Waals surface area contributed by atoms with E-state index in [1.54, 1.807) is 42.5 Å². The van der Waals surface area contributed by atoms with Crippen molar-refractivity contribution in [3.8, 4) is 22.6 Å². The molecule has 1 heterocycles. The number of aliphatic hydroxyl groups excluding tert-OH is 1. The van der Waals surface area contributed by atoms with E-state index < -0.39 is 24.4 Å². The van der Waals surface area contributed by atoms with Gasteiger partial charge in [-0.05, 0) is 39.6 Å². The zero-order valence-corrected chi connectivity index (χ0v) is 22.3. The SMILES string of the molecule is O=C(O)[C@@H](CO)NCc1cc(Cl)c(OCc2cccc(-c3ccccc3)c2F)cc1OCc1ccc2nonc2c1. The maximum absolute atomic E-state index is 15.3. The third-order valence-electron chi connectivity index (χ3n) is 6.39. The number of halogens is 2. The summed E-state index contributed by atoms with van der Waals surface area (Å²) >= 11 is 6.52. The number of nitrogens with zero attached hydrogens (tertiary/aromatic N) is 2. The summed E-state index contributed by atoms with van der Waals surface area (Å²) < 4.78 is 32.1. The molecule has 9 nitrogen and oxygen atoms in total. The van der Waals surface area contributed by atoms with Crippen LogP contribution in [0.1, 0.15) is 16.7 Å². The summed E-state index contributed by atoms with van der Waals surface area (Å²) in [4.78, 5) is 11.4. The number of aliphatic carboxylic acids is 1. The highest BCUT2D eigenvalue weighted by Gasteiger charge is 2.19. The van der Waals surface area contributed by atoms with Crippen LogP contribution in [-0.4, -0.2) is 39.1 Å². The predicted molar refractivity (Wildman–Crippen MR) is 149 cm³/mol. The van der Waals surface area contributed by atoms with E-state index in [1.165, 1.54) is 0 Å². The molecule has 4 aromatic carbocycles. The molecule has 0 aliphatic heterocycles. The van der Waals surface area contributed by atoms with Gasteiger partial charge in [-0.1, -0.05) is 66.2 Å². The molecule has 0 aliphatic carbocycles. The first kappa shape index (κ1) is 28.0. The van der Waals surface area contributed by atoms with Gasteiger partial charge in [-0.2, -0.15) is 0 Å². The van der Waals surface area contributed by atoms with Gasteiger partial charge in [0.1, 0.15) is 47.6 Å². The highest BCUT2D eigenvalue weighted by atomic mass is 35.5. The number of benzene rings is 4. The molecule has 0 amide bonds. The van der Waals surface area contributed by atoms with Gasteiger partial charge in [0.2, 0.25) is 0 Å². The molecule has 1 atom stereocenters. The molecule has 0 unspecified atom stereocenters. The van der Waals surface area contributed by atoms with Crippen molar-refractivity contribution < 1.29 is 33.5 Å². The second kappa shape index (κ2) is 12.8. The molecule has 0 spiro atoms. The van der Waals surface area contributed by atoms with Crippen molar-refractivity contribution in [2.24, 2.45) is 0 Å². The van der Waals surface area contributed by atoms with E-state index in [2.05, 4.69) is 15.6 Å². The minimum Gasteiger partial charge on any atom is -0.488 e. The number of hydrogen-bond donors (Lipinski definition) is 3. The zero-order valence-electron chi connectivity index (χ0n) is 21.6. The van der Waals surface area contributed by atoms with Gasteiger partial charge in [0.25, 0.3) is 0 Å². The maximum Gasteiger partial charge on any atom is 0.323 e. The Kier molecular flexibility index (Phi) is 8.73. The first-order valence-corrected chi connectivity index (χ1v) is 13.0. The lowest BCUT2D eigenvalue weighted by molar-refractivity contribution is -0.140. The van der Waals surface area contributed by atoms with Gasteiger partial charge in [0.05, 0.1) is 11.6 Å². The van der Waals surface area contributed by atoms with Crippen molar-refractivity contribution in [2.45, 2.75) is 25.8 Å². The van der Waals surface area contributed by atoms with Crippen LogP contribution in [0.4, 0.5) is 4.39 Å². The molecule has 0 saturated heterocycles. The lowest BCUT2D eigenvalue weighted by Gasteiger charge is -2.18. The number of ether oxygens (including phenoxy) is 2. The van der Waals surface area contributed by atoms with Gasteiger partial charge >= 0.3 is 5.97 Å². The molecule has 1 aromatic heterocycles. The van der Waals surface area contributed by atoms with Crippen LogP contribution in [-0.2, 0) is 24.6 Å². The zero-order chi connectivity index (χ0) is 28.8. The number of aliphatic hydroxyl groups is 1. The molecule has 210 valence electrons. The van der Waals surface area contributed by atoms with Gasteiger partial charge in [0.15, 0.2) is 0 Å². The Morgan fingerprint density at radius 2 is 1.71 bits per heavy atom. The van der Waals surface area contributed by atoms with Crippen molar-refractivity contribution in [3.05, 3.63) is 106 Å². The quantitative estimate of drug-likeness (QED) is 0.179. The van der Waals surface area contributed by atoms with Gasteiger partial charge in [-0.15, -0.1) is 0 Å². The van der Waals surface area contributed by atoms with Gasteiger partial charge in [-0.3, -0.25) is 10.1 Å². The average molecular weight is 578 g/mol. The van der Waals surface area contributed by atoms with Crippen LogP contribution in [0.3, 0.4) is 0 Å². The molecule has 0 saturated carbocycles. The van der Waals surface area contributed by atoms with E-state index in [4.69, 9.17) is 25.7 Å². The van der Waals surface area contributed by atoms with Crippen molar-refractivity contribution >= 4 is 28.6 Å². The molecule has 11 heteroatoms. The number of fused-ring (bicyclic) bond motifs is 1. The standard InChI is InChI=1S/C30H25ClFN3O6/c31-23-12-21(14-33-26(15-36)30(37)38)27(39-16-18-9-10-24-25(11-18)35-41-34-24)13-28(23)40-17-20-7-4-8-22(29(20)32)19-5-2-1-3-6-19/h1-13,26,33,36H,14-17H2,(H,37,38)/t26-/m1/s1. The molecule has 41 heavy (non-hydrogen) atoms. The number of carboxylic acid groups (broad SMARTS) is 1. The Bertz CT molecular complexity index is 1660. The summed E-state index contributed by atoms with van der Waals surface area (Å²) in [5, 5.41) is 29.3. The number of carboxylic acids is 1. The first-order valence-electron chi connectivity index (χ1n) is 12.6. The van der Waals surface area contributed by atoms with E-state index >= 15 is 4.39 Å². The van der Waals surface area contributed by atoms with Crippen molar-refractivity contribution in [1.82, 2.24) is 15.6 Å². The van der Waals surface area contributed by atoms with Crippen LogP contribution in [0.5, 0.6) is 11.5 Å². The van der Waals surface area contributed by atoms with Crippen molar-refractivity contribution in [2.75, 3.05) is 6.61 Å². The van der Waals surface area contributed by atoms with Gasteiger partial charge in [-0.25, -0.2) is 9.02 Å². The highest BCUT2D eigenvalue weighted by Crippen LogP contribution is 2.35. The smallest absolute Gasteiger partial charge is 0.323 e. The van der Waals surface area contributed by atoms with Crippen LogP contribution >= 0.6 is 11.6 Å². The minimum absolute atomic E-state index is 0.0346. The van der Waals surface area contributed by atoms with Crippen LogP contribution in [0.2, 0.25) is 5.02 Å². The van der Waals surface area contributed by atoms with Gasteiger partial charge in [0, 0.05) is 29.3 Å². The van der Waals surface area contributed by atoms with E-state index in [1.807, 2.05) is 36.4 Å². The molecule has 3 N–H and O–H groups in total. The van der Waals surface area contributed by atoms with Crippen LogP contribution in [0.25, 0.3) is 22.2 Å². The third kappa shape index (κ3) is 6.63. The van der Waals surface area contributed by atoms with E-state index in [9.17, 15) is 15.0 Å². The van der Waals surface area contributed by atoms with E-state index in [0.29, 0.717) is 33.5 Å². The molecule has 0 fully saturated rings. The van der Waals surface area contributed by atoms with E-state index in [-0.39, 0.29) is 30.5 Å². The van der Waals surface area contributed by atoms with Crippen LogP contribution in [0.15, 0.2) is 83.5 Å². The Morgan fingerprint density at radius 1 is 0.927 bits per heavy atom. The maximum atomic E-state index is 15.3. The summed E-state index contributed by atoms with van der Waals surface area (Å²) in [6, 6.07) is 21.6. The second-order valence-electron chi connectivity index (χ2n) is 9.15. The fraction of sp³-hybridized carbons (Fsp3) is 0.167. The Morgan fingerprint density at radius 3 is 2.49 bits per heavy atom. The average Bonchev–Trinajstić information content (AvgIpc) is 3.45. The molecule has 0 radical (unpaired) electrons. The molecule has 5 aromatic rings. The molecule has 5 rings (SSSR count). The van der Waals surface area contributed by atoms with Crippen LogP contribution < -0.4 is 14.8 Å². The summed E-state index contributed by atoms with van der Waals surface area (Å²) in [6.07, 6.45) is 0. The Labute approximate surface area is 239 Å². The summed E-state index contributed by atoms with van der Waals surface area (Å²) in [5.41, 5.74) is 4.04. The third-order valence-corrected chi connectivity index (χ3v) is 6.69. The topological polar surface area (TPSA) is 127 Å². The number of aromatic nitrogens is 2. The fourth-order valence-corrected chi connectivity index (χ4v) is 4.43. The monoisotopic (exact) mass is 577 g/mol. The molecule has 0 aliphatic rings. The summed E-state index contributed by atoms with van der Waals surface area (Å²) in [5.74, 6) is -0.984. The van der Waals surface area contributed by atoms with Crippen LogP contribution in [0, 0.1) is 5.82 Å².